The molecule has 1 saturated carbocycles. The molecule has 96 valence electrons. The lowest BCUT2D eigenvalue weighted by Crippen LogP contribution is -2.44. The summed E-state index contributed by atoms with van der Waals surface area (Å²) in [5.74, 6) is 0.699. The number of likely N-dealkylation sites (N-methyl/N-ethyl adjacent to an activating group) is 1. The van der Waals surface area contributed by atoms with Crippen molar-refractivity contribution >= 4 is 0 Å². The monoisotopic (exact) mass is 228 g/mol. The molecule has 0 spiro atoms. The predicted octanol–water partition coefficient (Wildman–Crippen LogP) is 1.86. The molecule has 1 fully saturated rings. The molecule has 2 atom stereocenters. The van der Waals surface area contributed by atoms with Gasteiger partial charge < -0.3 is 15.4 Å². The first-order valence-corrected chi connectivity index (χ1v) is 6.77. The number of hydrogen-bond donors (Lipinski definition) is 1. The van der Waals surface area contributed by atoms with Crippen LogP contribution in [0.15, 0.2) is 0 Å². The highest BCUT2D eigenvalue weighted by Gasteiger charge is 2.26. The first-order chi connectivity index (χ1) is 7.79. The summed E-state index contributed by atoms with van der Waals surface area (Å²) in [6.07, 6.45) is 6.45. The first kappa shape index (κ1) is 13.9. The van der Waals surface area contributed by atoms with E-state index in [1.54, 1.807) is 0 Å². The highest BCUT2D eigenvalue weighted by molar-refractivity contribution is 4.82. The van der Waals surface area contributed by atoms with E-state index in [2.05, 4.69) is 18.9 Å². The molecule has 2 N–H and O–H groups in total. The minimum absolute atomic E-state index is 0.684. The van der Waals surface area contributed by atoms with Crippen LogP contribution < -0.4 is 5.73 Å². The Morgan fingerprint density at radius 2 is 2.00 bits per heavy atom. The predicted molar refractivity (Wildman–Crippen MR) is 68.5 cm³/mol. The minimum Gasteiger partial charge on any atom is -0.380 e. The van der Waals surface area contributed by atoms with Crippen molar-refractivity contribution in [1.29, 1.82) is 0 Å². The van der Waals surface area contributed by atoms with Gasteiger partial charge in [-0.15, -0.1) is 0 Å². The SMILES string of the molecule is CCCOCCN(C)C1CCCCC1CN. The maximum absolute atomic E-state index is 5.85. The molecule has 0 aromatic rings. The third kappa shape index (κ3) is 4.40. The molecule has 0 aromatic heterocycles. The first-order valence-electron chi connectivity index (χ1n) is 6.77. The van der Waals surface area contributed by atoms with E-state index in [1.165, 1.54) is 25.7 Å². The fraction of sp³-hybridized carbons (Fsp3) is 1.00. The summed E-state index contributed by atoms with van der Waals surface area (Å²) in [5, 5.41) is 0. The molecule has 16 heavy (non-hydrogen) atoms. The zero-order valence-electron chi connectivity index (χ0n) is 11.0. The summed E-state index contributed by atoms with van der Waals surface area (Å²) in [6.45, 7) is 5.78. The van der Waals surface area contributed by atoms with Gasteiger partial charge in [-0.05, 0) is 38.8 Å². The van der Waals surface area contributed by atoms with E-state index >= 15 is 0 Å². The topological polar surface area (TPSA) is 38.5 Å². The van der Waals surface area contributed by atoms with Crippen molar-refractivity contribution in [1.82, 2.24) is 4.90 Å². The zero-order valence-corrected chi connectivity index (χ0v) is 11.0. The number of ether oxygens (including phenoxy) is 1. The molecule has 1 aliphatic rings. The molecule has 0 saturated heterocycles. The molecular formula is C13H28N2O. The third-order valence-electron chi connectivity index (χ3n) is 3.67. The van der Waals surface area contributed by atoms with Gasteiger partial charge in [0.25, 0.3) is 0 Å². The molecule has 2 unspecified atom stereocenters. The highest BCUT2D eigenvalue weighted by atomic mass is 16.5. The molecule has 3 nitrogen and oxygen atoms in total. The van der Waals surface area contributed by atoms with Crippen LogP contribution in [-0.4, -0.2) is 44.3 Å². The van der Waals surface area contributed by atoms with Crippen LogP contribution in [0.2, 0.25) is 0 Å². The maximum atomic E-state index is 5.85. The van der Waals surface area contributed by atoms with Gasteiger partial charge in [-0.1, -0.05) is 19.8 Å². The lowest BCUT2D eigenvalue weighted by molar-refractivity contribution is 0.0727. The molecule has 0 radical (unpaired) electrons. The second kappa shape index (κ2) is 8.04. The van der Waals surface area contributed by atoms with Crippen molar-refractivity contribution in [3.8, 4) is 0 Å². The molecule has 0 aromatic carbocycles. The van der Waals surface area contributed by atoms with E-state index in [0.29, 0.717) is 12.0 Å². The standard InChI is InChI=1S/C13H28N2O/c1-3-9-16-10-8-15(2)13-7-5-4-6-12(13)11-14/h12-13H,3-11,14H2,1-2H3. The summed E-state index contributed by atoms with van der Waals surface area (Å²) in [5.41, 5.74) is 5.85. The van der Waals surface area contributed by atoms with E-state index in [9.17, 15) is 0 Å². The largest absolute Gasteiger partial charge is 0.380 e. The van der Waals surface area contributed by atoms with Gasteiger partial charge in [0.2, 0.25) is 0 Å². The summed E-state index contributed by atoms with van der Waals surface area (Å²) >= 11 is 0. The average Bonchev–Trinajstić information content (AvgIpc) is 2.34. The Hall–Kier alpha value is -0.120. The maximum Gasteiger partial charge on any atom is 0.0593 e. The van der Waals surface area contributed by atoms with Gasteiger partial charge in [0.15, 0.2) is 0 Å². The molecule has 0 aliphatic heterocycles. The normalized spacial score (nSPS) is 26.2. The smallest absolute Gasteiger partial charge is 0.0593 e. The molecule has 1 rings (SSSR count). The van der Waals surface area contributed by atoms with E-state index in [4.69, 9.17) is 10.5 Å². The van der Waals surface area contributed by atoms with E-state index < -0.39 is 0 Å². The molecular weight excluding hydrogens is 200 g/mol. The van der Waals surface area contributed by atoms with Crippen molar-refractivity contribution < 1.29 is 4.74 Å². The molecule has 1 aliphatic carbocycles. The van der Waals surface area contributed by atoms with Crippen LogP contribution in [0.3, 0.4) is 0 Å². The third-order valence-corrected chi connectivity index (χ3v) is 3.67. The fourth-order valence-corrected chi connectivity index (χ4v) is 2.66. The van der Waals surface area contributed by atoms with E-state index in [-0.39, 0.29) is 0 Å². The van der Waals surface area contributed by atoms with Gasteiger partial charge in [0, 0.05) is 19.2 Å². The second-order valence-corrected chi connectivity index (χ2v) is 4.94. The highest BCUT2D eigenvalue weighted by Crippen LogP contribution is 2.26. The lowest BCUT2D eigenvalue weighted by Gasteiger charge is -2.37. The van der Waals surface area contributed by atoms with Crippen molar-refractivity contribution in [3.63, 3.8) is 0 Å². The van der Waals surface area contributed by atoms with Gasteiger partial charge >= 0.3 is 0 Å². The van der Waals surface area contributed by atoms with Crippen molar-refractivity contribution in [2.75, 3.05) is 33.4 Å². The van der Waals surface area contributed by atoms with Crippen LogP contribution in [0.1, 0.15) is 39.0 Å². The molecule has 0 amide bonds. The Morgan fingerprint density at radius 1 is 1.25 bits per heavy atom. The van der Waals surface area contributed by atoms with Crippen LogP contribution in [-0.2, 0) is 4.74 Å². The molecule has 3 heteroatoms. The summed E-state index contributed by atoms with van der Waals surface area (Å²) < 4.78 is 5.54. The van der Waals surface area contributed by atoms with Gasteiger partial charge in [-0.2, -0.15) is 0 Å². The van der Waals surface area contributed by atoms with Gasteiger partial charge in [0.05, 0.1) is 6.61 Å². The number of nitrogens with two attached hydrogens (primary N) is 1. The fourth-order valence-electron chi connectivity index (χ4n) is 2.66. The average molecular weight is 228 g/mol. The second-order valence-electron chi connectivity index (χ2n) is 4.94. The summed E-state index contributed by atoms with van der Waals surface area (Å²) in [4.78, 5) is 2.45. The molecule has 0 bridgehead atoms. The van der Waals surface area contributed by atoms with Gasteiger partial charge in [0.1, 0.15) is 0 Å². The Balaban J connectivity index is 2.24. The Labute approximate surface area is 100 Å². The van der Waals surface area contributed by atoms with Crippen LogP contribution in [0.25, 0.3) is 0 Å². The number of rotatable bonds is 7. The number of hydrogen-bond acceptors (Lipinski definition) is 3. The van der Waals surface area contributed by atoms with Gasteiger partial charge in [-0.25, -0.2) is 0 Å². The summed E-state index contributed by atoms with van der Waals surface area (Å²) in [6, 6.07) is 0.684. The van der Waals surface area contributed by atoms with Gasteiger partial charge in [-0.3, -0.25) is 0 Å². The van der Waals surface area contributed by atoms with Crippen LogP contribution >= 0.6 is 0 Å². The van der Waals surface area contributed by atoms with Crippen molar-refractivity contribution in [3.05, 3.63) is 0 Å². The number of nitrogens with zero attached hydrogens (tertiary/aromatic N) is 1. The van der Waals surface area contributed by atoms with Crippen molar-refractivity contribution in [2.24, 2.45) is 11.7 Å². The zero-order chi connectivity index (χ0) is 11.8. The Bertz CT molecular complexity index is 175. The van der Waals surface area contributed by atoms with Crippen LogP contribution in [0.4, 0.5) is 0 Å². The summed E-state index contributed by atoms with van der Waals surface area (Å²) in [7, 11) is 2.22. The Morgan fingerprint density at radius 3 is 2.69 bits per heavy atom. The Kier molecular flexibility index (Phi) is 7.01. The molecule has 0 heterocycles. The van der Waals surface area contributed by atoms with Crippen LogP contribution in [0, 0.1) is 5.92 Å². The minimum atomic E-state index is 0.684. The van der Waals surface area contributed by atoms with Crippen molar-refractivity contribution in [2.45, 2.75) is 45.1 Å². The van der Waals surface area contributed by atoms with E-state index in [0.717, 1.165) is 32.7 Å². The van der Waals surface area contributed by atoms with E-state index in [1.807, 2.05) is 0 Å². The lowest BCUT2D eigenvalue weighted by atomic mass is 9.84. The van der Waals surface area contributed by atoms with Crippen LogP contribution in [0.5, 0.6) is 0 Å². The quantitative estimate of drug-likeness (QED) is 0.676.